The minimum atomic E-state index is -0.371. The third-order valence-electron chi connectivity index (χ3n) is 3.58. The summed E-state index contributed by atoms with van der Waals surface area (Å²) in [6.45, 7) is 1.89. The summed E-state index contributed by atoms with van der Waals surface area (Å²) in [6, 6.07) is 6.96. The number of aryl methyl sites for hydroxylation is 1. The normalized spacial score (nSPS) is 18.7. The maximum Gasteiger partial charge on any atom is 0.125 e. The Bertz CT molecular complexity index is 568. The molecule has 0 bridgehead atoms. The molecule has 0 saturated carbocycles. The molecule has 0 saturated heterocycles. The predicted octanol–water partition coefficient (Wildman–Crippen LogP) is 3.29. The monoisotopic (exact) mass is 245 g/mol. The van der Waals surface area contributed by atoms with Gasteiger partial charge in [0.25, 0.3) is 0 Å². The standard InChI is InChI=1S/C15H16FNO/c1-10-7-11(16)9-12(8-10)17-6-5-13-14(17)3-2-4-15(13)18/h5-9,15,18H,2-4H2,1H3. The van der Waals surface area contributed by atoms with Gasteiger partial charge in [-0.15, -0.1) is 0 Å². The molecule has 0 radical (unpaired) electrons. The van der Waals surface area contributed by atoms with E-state index in [1.165, 1.54) is 12.1 Å². The van der Waals surface area contributed by atoms with Crippen LogP contribution in [0.2, 0.25) is 0 Å². The third-order valence-corrected chi connectivity index (χ3v) is 3.58. The molecule has 1 aliphatic rings. The van der Waals surface area contributed by atoms with E-state index in [0.717, 1.165) is 41.8 Å². The maximum atomic E-state index is 13.5. The Kier molecular flexibility index (Phi) is 2.71. The zero-order valence-electron chi connectivity index (χ0n) is 10.4. The summed E-state index contributed by atoms with van der Waals surface area (Å²) in [7, 11) is 0. The zero-order valence-corrected chi connectivity index (χ0v) is 10.4. The number of benzene rings is 1. The number of hydrogen-bond acceptors (Lipinski definition) is 1. The molecule has 0 amide bonds. The van der Waals surface area contributed by atoms with Crippen molar-refractivity contribution in [3.8, 4) is 5.69 Å². The number of nitrogens with zero attached hydrogens (tertiary/aromatic N) is 1. The second-order valence-electron chi connectivity index (χ2n) is 4.98. The van der Waals surface area contributed by atoms with Crippen molar-refractivity contribution in [1.29, 1.82) is 0 Å². The van der Waals surface area contributed by atoms with Crippen molar-refractivity contribution in [1.82, 2.24) is 4.57 Å². The summed E-state index contributed by atoms with van der Waals surface area (Å²) < 4.78 is 15.5. The first-order valence-electron chi connectivity index (χ1n) is 6.31. The van der Waals surface area contributed by atoms with Crippen LogP contribution in [-0.2, 0) is 6.42 Å². The predicted molar refractivity (Wildman–Crippen MR) is 68.4 cm³/mol. The summed E-state index contributed by atoms with van der Waals surface area (Å²) in [5.74, 6) is -0.219. The number of aliphatic hydroxyl groups excluding tert-OH is 1. The first-order chi connectivity index (χ1) is 8.65. The molecule has 1 unspecified atom stereocenters. The van der Waals surface area contributed by atoms with Gasteiger partial charge in [0.05, 0.1) is 6.10 Å². The highest BCUT2D eigenvalue weighted by Gasteiger charge is 2.21. The largest absolute Gasteiger partial charge is 0.388 e. The van der Waals surface area contributed by atoms with Crippen LogP contribution >= 0.6 is 0 Å². The topological polar surface area (TPSA) is 25.2 Å². The molecule has 18 heavy (non-hydrogen) atoms. The van der Waals surface area contributed by atoms with Crippen LogP contribution in [0.25, 0.3) is 5.69 Å². The van der Waals surface area contributed by atoms with Crippen molar-refractivity contribution in [2.24, 2.45) is 0 Å². The van der Waals surface area contributed by atoms with Crippen molar-refractivity contribution >= 4 is 0 Å². The summed E-state index contributed by atoms with van der Waals surface area (Å²) >= 11 is 0. The Labute approximate surface area is 106 Å². The van der Waals surface area contributed by atoms with Gasteiger partial charge in [-0.2, -0.15) is 0 Å². The number of aliphatic hydroxyl groups is 1. The van der Waals surface area contributed by atoms with E-state index in [9.17, 15) is 9.50 Å². The quantitative estimate of drug-likeness (QED) is 0.819. The molecule has 1 aliphatic carbocycles. The molecule has 3 rings (SSSR count). The molecule has 2 aromatic rings. The summed E-state index contributed by atoms with van der Waals surface area (Å²) in [5.41, 5.74) is 3.84. The van der Waals surface area contributed by atoms with Gasteiger partial charge in [0.1, 0.15) is 5.82 Å². The fraction of sp³-hybridized carbons (Fsp3) is 0.333. The Morgan fingerprint density at radius 3 is 2.94 bits per heavy atom. The number of aromatic nitrogens is 1. The average molecular weight is 245 g/mol. The lowest BCUT2D eigenvalue weighted by atomic mass is 9.95. The number of hydrogen-bond donors (Lipinski definition) is 1. The van der Waals surface area contributed by atoms with Crippen molar-refractivity contribution in [3.63, 3.8) is 0 Å². The van der Waals surface area contributed by atoms with E-state index in [2.05, 4.69) is 0 Å². The van der Waals surface area contributed by atoms with Crippen LogP contribution in [0, 0.1) is 12.7 Å². The SMILES string of the molecule is Cc1cc(F)cc(-n2ccc3c2CCCC3O)c1. The molecule has 94 valence electrons. The molecular formula is C15H16FNO. The van der Waals surface area contributed by atoms with E-state index in [4.69, 9.17) is 0 Å². The van der Waals surface area contributed by atoms with Crippen molar-refractivity contribution < 1.29 is 9.50 Å². The Morgan fingerprint density at radius 1 is 1.33 bits per heavy atom. The van der Waals surface area contributed by atoms with Gasteiger partial charge in [0, 0.05) is 23.1 Å². The lowest BCUT2D eigenvalue weighted by Crippen LogP contribution is -2.11. The minimum absolute atomic E-state index is 0.219. The first kappa shape index (κ1) is 11.5. The van der Waals surface area contributed by atoms with Gasteiger partial charge in [-0.25, -0.2) is 4.39 Å². The first-order valence-corrected chi connectivity index (χ1v) is 6.31. The highest BCUT2D eigenvalue weighted by atomic mass is 19.1. The molecule has 0 aliphatic heterocycles. The molecule has 0 spiro atoms. The van der Waals surface area contributed by atoms with Gasteiger partial charge in [-0.05, 0) is 56.0 Å². The summed E-state index contributed by atoms with van der Waals surface area (Å²) in [5, 5.41) is 9.94. The highest BCUT2D eigenvalue weighted by Crippen LogP contribution is 2.32. The van der Waals surface area contributed by atoms with Crippen molar-refractivity contribution in [3.05, 3.63) is 53.1 Å². The fourth-order valence-electron chi connectivity index (χ4n) is 2.76. The zero-order chi connectivity index (χ0) is 12.7. The van der Waals surface area contributed by atoms with E-state index in [1.54, 1.807) is 0 Å². The van der Waals surface area contributed by atoms with Crippen LogP contribution in [0.4, 0.5) is 4.39 Å². The van der Waals surface area contributed by atoms with Gasteiger partial charge in [-0.3, -0.25) is 0 Å². The number of fused-ring (bicyclic) bond motifs is 1. The maximum absolute atomic E-state index is 13.5. The van der Waals surface area contributed by atoms with Crippen molar-refractivity contribution in [2.75, 3.05) is 0 Å². The van der Waals surface area contributed by atoms with Crippen LogP contribution in [0.1, 0.15) is 35.8 Å². The van der Waals surface area contributed by atoms with Crippen LogP contribution in [0.15, 0.2) is 30.5 Å². The van der Waals surface area contributed by atoms with Gasteiger partial charge >= 0.3 is 0 Å². The minimum Gasteiger partial charge on any atom is -0.388 e. The molecular weight excluding hydrogens is 229 g/mol. The number of rotatable bonds is 1. The fourth-order valence-corrected chi connectivity index (χ4v) is 2.76. The van der Waals surface area contributed by atoms with Gasteiger partial charge in [0.2, 0.25) is 0 Å². The molecule has 1 heterocycles. The summed E-state index contributed by atoms with van der Waals surface area (Å²) in [4.78, 5) is 0. The van der Waals surface area contributed by atoms with Gasteiger partial charge in [0.15, 0.2) is 0 Å². The Balaban J connectivity index is 2.12. The molecule has 1 aromatic heterocycles. The Morgan fingerprint density at radius 2 is 2.17 bits per heavy atom. The van der Waals surface area contributed by atoms with E-state index < -0.39 is 0 Å². The Hall–Kier alpha value is -1.61. The van der Waals surface area contributed by atoms with Crippen LogP contribution < -0.4 is 0 Å². The van der Waals surface area contributed by atoms with E-state index >= 15 is 0 Å². The van der Waals surface area contributed by atoms with Crippen LogP contribution in [0.3, 0.4) is 0 Å². The molecule has 1 N–H and O–H groups in total. The lowest BCUT2D eigenvalue weighted by Gasteiger charge is -2.20. The average Bonchev–Trinajstić information content (AvgIpc) is 2.73. The number of halogens is 1. The van der Waals surface area contributed by atoms with Crippen LogP contribution in [0.5, 0.6) is 0 Å². The van der Waals surface area contributed by atoms with Crippen molar-refractivity contribution in [2.45, 2.75) is 32.3 Å². The van der Waals surface area contributed by atoms with Gasteiger partial charge < -0.3 is 9.67 Å². The highest BCUT2D eigenvalue weighted by molar-refractivity contribution is 5.42. The third kappa shape index (κ3) is 1.85. The molecule has 1 aromatic carbocycles. The molecule has 2 nitrogen and oxygen atoms in total. The van der Waals surface area contributed by atoms with E-state index in [1.807, 2.05) is 29.8 Å². The molecule has 3 heteroatoms. The summed E-state index contributed by atoms with van der Waals surface area (Å²) in [6.07, 6.45) is 4.29. The molecule has 0 fully saturated rings. The second kappa shape index (κ2) is 4.25. The van der Waals surface area contributed by atoms with E-state index in [-0.39, 0.29) is 11.9 Å². The molecule has 1 atom stereocenters. The van der Waals surface area contributed by atoms with Gasteiger partial charge in [-0.1, -0.05) is 0 Å². The van der Waals surface area contributed by atoms with E-state index in [0.29, 0.717) is 0 Å². The lowest BCUT2D eigenvalue weighted by molar-refractivity contribution is 0.156. The van der Waals surface area contributed by atoms with Crippen LogP contribution in [-0.4, -0.2) is 9.67 Å². The second-order valence-corrected chi connectivity index (χ2v) is 4.98. The smallest absolute Gasteiger partial charge is 0.125 e.